The largest absolute Gasteiger partial charge is 0.481 e. The van der Waals surface area contributed by atoms with Crippen molar-refractivity contribution in [3.8, 4) is 0 Å². The van der Waals surface area contributed by atoms with E-state index in [-0.39, 0.29) is 12.2 Å². The summed E-state index contributed by atoms with van der Waals surface area (Å²) in [6.07, 6.45) is -0.318. The molecule has 0 aliphatic heterocycles. The summed E-state index contributed by atoms with van der Waals surface area (Å²) in [4.78, 5) is 34.0. The summed E-state index contributed by atoms with van der Waals surface area (Å²) in [7, 11) is 0. The highest BCUT2D eigenvalue weighted by molar-refractivity contribution is 6.08. The number of hydrogen-bond acceptors (Lipinski definition) is 3. The number of ketones is 1. The number of carbonyl (C=O) groups is 3. The third-order valence-corrected chi connectivity index (χ3v) is 3.50. The van der Waals surface area contributed by atoms with Crippen molar-refractivity contribution in [2.24, 2.45) is 5.92 Å². The van der Waals surface area contributed by atoms with Crippen LogP contribution in [0.1, 0.15) is 27.9 Å². The van der Waals surface area contributed by atoms with E-state index in [0.717, 1.165) is 0 Å². The third-order valence-electron chi connectivity index (χ3n) is 3.50. The van der Waals surface area contributed by atoms with Gasteiger partial charge in [0.25, 0.3) is 0 Å². The van der Waals surface area contributed by atoms with Gasteiger partial charge in [0.1, 0.15) is 0 Å². The van der Waals surface area contributed by atoms with Crippen LogP contribution in [0.2, 0.25) is 0 Å². The van der Waals surface area contributed by atoms with E-state index in [2.05, 4.69) is 0 Å². The fourth-order valence-corrected chi connectivity index (χ4v) is 2.29. The highest BCUT2D eigenvalue weighted by atomic mass is 16.4. The van der Waals surface area contributed by atoms with Gasteiger partial charge in [0.2, 0.25) is 0 Å². The minimum absolute atomic E-state index is 0.113. The predicted octanol–water partition coefficient (Wildman–Crippen LogP) is 2.64. The number of carboxylic acids is 2. The van der Waals surface area contributed by atoms with E-state index >= 15 is 0 Å². The fraction of sp³-hybridized carbons (Fsp3) is 0.167. The first kappa shape index (κ1) is 16.4. The molecule has 0 heterocycles. The van der Waals surface area contributed by atoms with Gasteiger partial charge in [0, 0.05) is 11.1 Å². The highest BCUT2D eigenvalue weighted by Gasteiger charge is 2.21. The average Bonchev–Trinajstić information content (AvgIpc) is 2.54. The molecule has 0 saturated carbocycles. The van der Waals surface area contributed by atoms with E-state index in [0.29, 0.717) is 16.7 Å². The molecule has 2 aromatic carbocycles. The van der Waals surface area contributed by atoms with Gasteiger partial charge in [-0.3, -0.25) is 14.4 Å². The first-order valence-corrected chi connectivity index (χ1v) is 7.10. The summed E-state index contributed by atoms with van der Waals surface area (Å²) in [5.41, 5.74) is 1.77. The molecule has 0 bridgehead atoms. The smallest absolute Gasteiger partial charge is 0.307 e. The second-order valence-electron chi connectivity index (χ2n) is 5.23. The number of carbonyl (C=O) groups excluding carboxylic acids is 1. The fourth-order valence-electron chi connectivity index (χ4n) is 2.29. The number of hydrogen-bond donors (Lipinski definition) is 2. The molecule has 0 fully saturated rings. The van der Waals surface area contributed by atoms with E-state index in [1.807, 2.05) is 6.07 Å². The minimum Gasteiger partial charge on any atom is -0.481 e. The van der Waals surface area contributed by atoms with Crippen LogP contribution in [0.15, 0.2) is 54.6 Å². The van der Waals surface area contributed by atoms with E-state index in [4.69, 9.17) is 10.2 Å². The van der Waals surface area contributed by atoms with E-state index in [1.165, 1.54) is 0 Å². The van der Waals surface area contributed by atoms with Crippen molar-refractivity contribution in [2.75, 3.05) is 0 Å². The number of rotatable bonds is 7. The van der Waals surface area contributed by atoms with Crippen LogP contribution in [0, 0.1) is 5.92 Å². The molecule has 2 N–H and O–H groups in total. The summed E-state index contributed by atoms with van der Waals surface area (Å²) in [5, 5.41) is 17.8. The normalized spacial score (nSPS) is 11.7. The van der Waals surface area contributed by atoms with Crippen molar-refractivity contribution in [2.45, 2.75) is 12.8 Å². The molecule has 0 aromatic heterocycles. The van der Waals surface area contributed by atoms with Crippen molar-refractivity contribution < 1.29 is 24.6 Å². The molecule has 0 aliphatic rings. The SMILES string of the molecule is O=C(O)CC(Cc1ccc(C(=O)c2ccccc2)cc1)C(=O)O. The summed E-state index contributed by atoms with van der Waals surface area (Å²) in [6, 6.07) is 15.4. The van der Waals surface area contributed by atoms with Gasteiger partial charge in [0.05, 0.1) is 12.3 Å². The van der Waals surface area contributed by atoms with Crippen molar-refractivity contribution in [1.82, 2.24) is 0 Å². The van der Waals surface area contributed by atoms with Crippen molar-refractivity contribution in [1.29, 1.82) is 0 Å². The van der Waals surface area contributed by atoms with Gasteiger partial charge in [-0.1, -0.05) is 54.6 Å². The maximum atomic E-state index is 12.3. The Morgan fingerprint density at radius 3 is 1.91 bits per heavy atom. The Balaban J connectivity index is 2.11. The Kier molecular flexibility index (Phi) is 5.25. The minimum atomic E-state index is -1.15. The van der Waals surface area contributed by atoms with E-state index in [1.54, 1.807) is 48.5 Å². The van der Waals surface area contributed by atoms with Crippen LogP contribution >= 0.6 is 0 Å². The Morgan fingerprint density at radius 1 is 0.826 bits per heavy atom. The Hall–Kier alpha value is -2.95. The Labute approximate surface area is 133 Å². The van der Waals surface area contributed by atoms with Gasteiger partial charge in [-0.15, -0.1) is 0 Å². The average molecular weight is 312 g/mol. The molecule has 0 amide bonds. The standard InChI is InChI=1S/C18H16O5/c19-16(20)11-15(18(22)23)10-12-6-8-14(9-7-12)17(21)13-4-2-1-3-5-13/h1-9,15H,10-11H2,(H,19,20)(H,22,23). The first-order chi connectivity index (χ1) is 11.0. The second kappa shape index (κ2) is 7.35. The van der Waals surface area contributed by atoms with E-state index in [9.17, 15) is 14.4 Å². The lowest BCUT2D eigenvalue weighted by Gasteiger charge is -2.10. The molecule has 2 rings (SSSR count). The maximum absolute atomic E-state index is 12.3. The van der Waals surface area contributed by atoms with E-state index < -0.39 is 24.3 Å². The predicted molar refractivity (Wildman–Crippen MR) is 83.4 cm³/mol. The topological polar surface area (TPSA) is 91.7 Å². The molecule has 2 aromatic rings. The molecular formula is C18H16O5. The third kappa shape index (κ3) is 4.51. The zero-order valence-corrected chi connectivity index (χ0v) is 12.3. The van der Waals surface area contributed by atoms with Gasteiger partial charge in [0.15, 0.2) is 5.78 Å². The molecule has 23 heavy (non-hydrogen) atoms. The number of aliphatic carboxylic acids is 2. The van der Waals surface area contributed by atoms with Crippen LogP contribution in [-0.4, -0.2) is 27.9 Å². The van der Waals surface area contributed by atoms with Gasteiger partial charge < -0.3 is 10.2 Å². The number of carboxylic acid groups (broad SMARTS) is 2. The van der Waals surface area contributed by atoms with Gasteiger partial charge in [-0.2, -0.15) is 0 Å². The second-order valence-corrected chi connectivity index (χ2v) is 5.23. The van der Waals surface area contributed by atoms with Crippen molar-refractivity contribution >= 4 is 17.7 Å². The zero-order chi connectivity index (χ0) is 16.8. The Bertz CT molecular complexity index is 704. The van der Waals surface area contributed by atoms with Gasteiger partial charge >= 0.3 is 11.9 Å². The van der Waals surface area contributed by atoms with Crippen LogP contribution in [0.25, 0.3) is 0 Å². The molecule has 0 saturated heterocycles. The lowest BCUT2D eigenvalue weighted by atomic mass is 9.94. The molecule has 5 heteroatoms. The summed E-state index contributed by atoms with van der Waals surface area (Å²) in [6.45, 7) is 0. The summed E-state index contributed by atoms with van der Waals surface area (Å²) >= 11 is 0. The lowest BCUT2D eigenvalue weighted by molar-refractivity contribution is -0.148. The molecular weight excluding hydrogens is 296 g/mol. The highest BCUT2D eigenvalue weighted by Crippen LogP contribution is 2.16. The molecule has 5 nitrogen and oxygen atoms in total. The molecule has 0 aliphatic carbocycles. The summed E-state index contributed by atoms with van der Waals surface area (Å²) < 4.78 is 0. The maximum Gasteiger partial charge on any atom is 0.307 e. The summed E-state index contributed by atoms with van der Waals surface area (Å²) in [5.74, 6) is -3.38. The first-order valence-electron chi connectivity index (χ1n) is 7.10. The molecule has 1 atom stereocenters. The molecule has 118 valence electrons. The monoisotopic (exact) mass is 312 g/mol. The van der Waals surface area contributed by atoms with Crippen molar-refractivity contribution in [3.63, 3.8) is 0 Å². The zero-order valence-electron chi connectivity index (χ0n) is 12.3. The van der Waals surface area contributed by atoms with Gasteiger partial charge in [-0.05, 0) is 12.0 Å². The van der Waals surface area contributed by atoms with Gasteiger partial charge in [-0.25, -0.2) is 0 Å². The molecule has 1 unspecified atom stereocenters. The lowest BCUT2D eigenvalue weighted by Crippen LogP contribution is -2.20. The quantitative estimate of drug-likeness (QED) is 0.767. The number of benzene rings is 2. The van der Waals surface area contributed by atoms with Crippen LogP contribution in [0.4, 0.5) is 0 Å². The van der Waals surface area contributed by atoms with Crippen LogP contribution in [-0.2, 0) is 16.0 Å². The van der Waals surface area contributed by atoms with Crippen LogP contribution in [0.3, 0.4) is 0 Å². The molecule has 0 spiro atoms. The Morgan fingerprint density at radius 2 is 1.39 bits per heavy atom. The van der Waals surface area contributed by atoms with Crippen molar-refractivity contribution in [3.05, 3.63) is 71.3 Å². The van der Waals surface area contributed by atoms with Crippen LogP contribution < -0.4 is 0 Å². The molecule has 0 radical (unpaired) electrons. The van der Waals surface area contributed by atoms with Crippen LogP contribution in [0.5, 0.6) is 0 Å².